The number of carbonyl (C=O) groups excluding carboxylic acids is 1. The largest absolute Gasteiger partial charge is 0.450 e. The highest BCUT2D eigenvalue weighted by atomic mass is 16.6. The summed E-state index contributed by atoms with van der Waals surface area (Å²) in [5, 5.41) is 0. The monoisotopic (exact) mass is 263 g/mol. The van der Waals surface area contributed by atoms with E-state index >= 15 is 0 Å². The number of benzene rings is 1. The number of hydrogen-bond acceptors (Lipinski definition) is 4. The second-order valence-electron chi connectivity index (χ2n) is 4.69. The SMILES string of the molecule is CCOC(=O)N1CCN(c2c(C)cccc2N)CC1. The lowest BCUT2D eigenvalue weighted by Gasteiger charge is -2.36. The van der Waals surface area contributed by atoms with E-state index in [9.17, 15) is 4.79 Å². The van der Waals surface area contributed by atoms with Crippen LogP contribution in [0.4, 0.5) is 16.2 Å². The summed E-state index contributed by atoms with van der Waals surface area (Å²) in [4.78, 5) is 15.6. The first-order chi connectivity index (χ1) is 9.13. The zero-order valence-corrected chi connectivity index (χ0v) is 11.6. The van der Waals surface area contributed by atoms with Crippen LogP contribution in [0, 0.1) is 6.92 Å². The molecule has 1 aliphatic rings. The van der Waals surface area contributed by atoms with Crippen LogP contribution in [0.15, 0.2) is 18.2 Å². The molecule has 0 saturated carbocycles. The zero-order chi connectivity index (χ0) is 13.8. The van der Waals surface area contributed by atoms with Crippen molar-refractivity contribution in [2.45, 2.75) is 13.8 Å². The fourth-order valence-electron chi connectivity index (χ4n) is 2.44. The van der Waals surface area contributed by atoms with Crippen LogP contribution in [0.3, 0.4) is 0 Å². The van der Waals surface area contributed by atoms with Crippen molar-refractivity contribution in [2.24, 2.45) is 0 Å². The molecule has 1 saturated heterocycles. The predicted octanol–water partition coefficient (Wildman–Crippen LogP) is 1.86. The number of nitrogens with two attached hydrogens (primary N) is 1. The van der Waals surface area contributed by atoms with Crippen molar-refractivity contribution < 1.29 is 9.53 Å². The van der Waals surface area contributed by atoms with Crippen molar-refractivity contribution in [1.82, 2.24) is 4.90 Å². The first kappa shape index (κ1) is 13.5. The van der Waals surface area contributed by atoms with Crippen LogP contribution in [0.1, 0.15) is 12.5 Å². The lowest BCUT2D eigenvalue weighted by molar-refractivity contribution is 0.105. The second-order valence-corrected chi connectivity index (χ2v) is 4.69. The van der Waals surface area contributed by atoms with Crippen molar-refractivity contribution in [3.05, 3.63) is 23.8 Å². The maximum atomic E-state index is 11.6. The quantitative estimate of drug-likeness (QED) is 0.827. The number of nitrogen functional groups attached to an aromatic ring is 1. The van der Waals surface area contributed by atoms with Crippen molar-refractivity contribution in [1.29, 1.82) is 0 Å². The molecule has 1 amide bonds. The summed E-state index contributed by atoms with van der Waals surface area (Å²) in [5.41, 5.74) is 9.10. The number of nitrogens with zero attached hydrogens (tertiary/aromatic N) is 2. The van der Waals surface area contributed by atoms with E-state index in [2.05, 4.69) is 17.9 Å². The fraction of sp³-hybridized carbons (Fsp3) is 0.500. The van der Waals surface area contributed by atoms with Gasteiger partial charge in [-0.1, -0.05) is 12.1 Å². The lowest BCUT2D eigenvalue weighted by Crippen LogP contribution is -2.49. The van der Waals surface area contributed by atoms with Crippen molar-refractivity contribution in [3.63, 3.8) is 0 Å². The number of hydrogen-bond donors (Lipinski definition) is 1. The van der Waals surface area contributed by atoms with Gasteiger partial charge in [0.2, 0.25) is 0 Å². The van der Waals surface area contributed by atoms with Crippen LogP contribution >= 0.6 is 0 Å². The van der Waals surface area contributed by atoms with Gasteiger partial charge in [-0.25, -0.2) is 4.79 Å². The third kappa shape index (κ3) is 2.92. The summed E-state index contributed by atoms with van der Waals surface area (Å²) in [5.74, 6) is 0. The van der Waals surface area contributed by atoms with Crippen LogP contribution in [-0.2, 0) is 4.74 Å². The molecule has 1 aromatic rings. The van der Waals surface area contributed by atoms with Gasteiger partial charge in [0.05, 0.1) is 18.0 Å². The van der Waals surface area contributed by atoms with Crippen LogP contribution < -0.4 is 10.6 Å². The Labute approximate surface area is 113 Å². The van der Waals surface area contributed by atoms with Gasteiger partial charge in [-0.15, -0.1) is 0 Å². The maximum Gasteiger partial charge on any atom is 0.409 e. The predicted molar refractivity (Wildman–Crippen MR) is 76.4 cm³/mol. The van der Waals surface area contributed by atoms with Crippen LogP contribution in [0.25, 0.3) is 0 Å². The Kier molecular flexibility index (Phi) is 4.14. The van der Waals surface area contributed by atoms with Crippen LogP contribution in [0.2, 0.25) is 0 Å². The first-order valence-corrected chi connectivity index (χ1v) is 6.65. The zero-order valence-electron chi connectivity index (χ0n) is 11.6. The van der Waals surface area contributed by atoms with Crippen LogP contribution in [0.5, 0.6) is 0 Å². The van der Waals surface area contributed by atoms with E-state index in [1.165, 1.54) is 5.56 Å². The minimum Gasteiger partial charge on any atom is -0.450 e. The summed E-state index contributed by atoms with van der Waals surface area (Å²) >= 11 is 0. The van der Waals surface area contributed by atoms with E-state index in [0.717, 1.165) is 24.5 Å². The Bertz CT molecular complexity index is 434. The Morgan fingerprint density at radius 2 is 2.00 bits per heavy atom. The topological polar surface area (TPSA) is 58.8 Å². The molecule has 0 atom stereocenters. The van der Waals surface area contributed by atoms with Gasteiger partial charge >= 0.3 is 6.09 Å². The number of para-hydroxylation sites is 1. The van der Waals surface area contributed by atoms with Crippen molar-refractivity contribution in [2.75, 3.05) is 43.4 Å². The Morgan fingerprint density at radius 1 is 1.32 bits per heavy atom. The molecule has 2 rings (SSSR count). The fourth-order valence-corrected chi connectivity index (χ4v) is 2.44. The highest BCUT2D eigenvalue weighted by Crippen LogP contribution is 2.28. The number of anilines is 2. The number of ether oxygens (including phenoxy) is 1. The van der Waals surface area contributed by atoms with Crippen LogP contribution in [-0.4, -0.2) is 43.8 Å². The molecule has 1 heterocycles. The number of rotatable bonds is 2. The molecule has 5 nitrogen and oxygen atoms in total. The standard InChI is InChI=1S/C14H21N3O2/c1-3-19-14(18)17-9-7-16(8-10-17)13-11(2)5-4-6-12(13)15/h4-6H,3,7-10,15H2,1-2H3. The van der Waals surface area contributed by atoms with Crippen molar-refractivity contribution in [3.8, 4) is 0 Å². The molecular weight excluding hydrogens is 242 g/mol. The second kappa shape index (κ2) is 5.82. The molecular formula is C14H21N3O2. The molecule has 5 heteroatoms. The number of piperazine rings is 1. The van der Waals surface area contributed by atoms with Gasteiger partial charge in [0.15, 0.2) is 0 Å². The molecule has 1 fully saturated rings. The van der Waals surface area contributed by atoms with Crippen molar-refractivity contribution >= 4 is 17.5 Å². The average molecular weight is 263 g/mol. The Balaban J connectivity index is 2.02. The van der Waals surface area contributed by atoms with E-state index < -0.39 is 0 Å². The summed E-state index contributed by atoms with van der Waals surface area (Å²) in [6.45, 7) is 7.22. The summed E-state index contributed by atoms with van der Waals surface area (Å²) in [6.07, 6.45) is -0.222. The molecule has 2 N–H and O–H groups in total. The Morgan fingerprint density at radius 3 is 2.58 bits per heavy atom. The maximum absolute atomic E-state index is 11.6. The third-order valence-corrected chi connectivity index (χ3v) is 3.39. The van der Waals surface area contributed by atoms with Gasteiger partial charge in [0, 0.05) is 26.2 Å². The smallest absolute Gasteiger partial charge is 0.409 e. The highest BCUT2D eigenvalue weighted by Gasteiger charge is 2.23. The molecule has 104 valence electrons. The van der Waals surface area contributed by atoms with E-state index in [1.807, 2.05) is 19.1 Å². The van der Waals surface area contributed by atoms with Gasteiger partial charge < -0.3 is 20.3 Å². The van der Waals surface area contributed by atoms with E-state index in [0.29, 0.717) is 19.7 Å². The molecule has 0 aliphatic carbocycles. The minimum atomic E-state index is -0.222. The average Bonchev–Trinajstić information content (AvgIpc) is 2.39. The molecule has 0 radical (unpaired) electrons. The van der Waals surface area contributed by atoms with Gasteiger partial charge in [-0.2, -0.15) is 0 Å². The number of amides is 1. The van der Waals surface area contributed by atoms with Gasteiger partial charge in [-0.3, -0.25) is 0 Å². The molecule has 1 aromatic carbocycles. The van der Waals surface area contributed by atoms with E-state index in [-0.39, 0.29) is 6.09 Å². The lowest BCUT2D eigenvalue weighted by atomic mass is 10.1. The summed E-state index contributed by atoms with van der Waals surface area (Å²) in [6, 6.07) is 5.94. The van der Waals surface area contributed by atoms with E-state index in [1.54, 1.807) is 4.90 Å². The molecule has 0 aromatic heterocycles. The first-order valence-electron chi connectivity index (χ1n) is 6.65. The van der Waals surface area contributed by atoms with E-state index in [4.69, 9.17) is 10.5 Å². The molecule has 0 spiro atoms. The summed E-state index contributed by atoms with van der Waals surface area (Å²) in [7, 11) is 0. The normalized spacial score (nSPS) is 15.5. The van der Waals surface area contributed by atoms with Gasteiger partial charge in [0.25, 0.3) is 0 Å². The highest BCUT2D eigenvalue weighted by molar-refractivity contribution is 5.72. The number of carbonyl (C=O) groups is 1. The third-order valence-electron chi connectivity index (χ3n) is 3.39. The molecule has 19 heavy (non-hydrogen) atoms. The minimum absolute atomic E-state index is 0.222. The van der Waals surface area contributed by atoms with Gasteiger partial charge in [0.1, 0.15) is 0 Å². The summed E-state index contributed by atoms with van der Waals surface area (Å²) < 4.78 is 5.01. The molecule has 0 unspecified atom stereocenters. The molecule has 1 aliphatic heterocycles. The molecule has 0 bridgehead atoms. The number of aryl methyl sites for hydroxylation is 1. The van der Waals surface area contributed by atoms with Gasteiger partial charge in [-0.05, 0) is 25.5 Å². The Hall–Kier alpha value is -1.91.